The van der Waals surface area contributed by atoms with Crippen molar-refractivity contribution in [2.75, 3.05) is 0 Å². The molecule has 0 aliphatic rings. The number of carbonyl (C=O) groups excluding carboxylic acids is 1. The van der Waals surface area contributed by atoms with E-state index in [2.05, 4.69) is 10.3 Å². The second-order valence-electron chi connectivity index (χ2n) is 6.04. The molecule has 23 heavy (non-hydrogen) atoms. The van der Waals surface area contributed by atoms with Crippen LogP contribution in [0.5, 0.6) is 0 Å². The van der Waals surface area contributed by atoms with Crippen LogP contribution in [-0.2, 0) is 17.3 Å². The van der Waals surface area contributed by atoms with Crippen molar-refractivity contribution >= 4 is 35.4 Å². The van der Waals surface area contributed by atoms with Crippen LogP contribution in [0.2, 0.25) is 10.0 Å². The summed E-state index contributed by atoms with van der Waals surface area (Å²) in [6, 6.07) is 6.76. The van der Waals surface area contributed by atoms with Gasteiger partial charge in [0.15, 0.2) is 0 Å². The molecule has 2 rings (SSSR count). The van der Waals surface area contributed by atoms with Gasteiger partial charge in [0.25, 0.3) is 0 Å². The second kappa shape index (κ2) is 6.72. The Morgan fingerprint density at radius 1 is 1.30 bits per heavy atom. The molecule has 1 heterocycles. The number of nitrogens with zero attached hydrogens (tertiary/aromatic N) is 3. The molecule has 2 aromatic rings. The Labute approximate surface area is 144 Å². The molecule has 0 fully saturated rings. The first-order valence-corrected chi connectivity index (χ1v) is 7.69. The number of rotatable bonds is 3. The van der Waals surface area contributed by atoms with Gasteiger partial charge in [0.2, 0.25) is 0 Å². The summed E-state index contributed by atoms with van der Waals surface area (Å²) in [4.78, 5) is 17.0. The van der Waals surface area contributed by atoms with Crippen molar-refractivity contribution < 1.29 is 9.63 Å². The number of halogens is 2. The van der Waals surface area contributed by atoms with Crippen LogP contribution < -0.4 is 0 Å². The van der Waals surface area contributed by atoms with Gasteiger partial charge in [-0.3, -0.25) is 4.68 Å². The first-order valence-electron chi connectivity index (χ1n) is 6.93. The third kappa shape index (κ3) is 4.12. The highest BCUT2D eigenvalue weighted by atomic mass is 35.5. The average molecular weight is 354 g/mol. The highest BCUT2D eigenvalue weighted by Crippen LogP contribution is 2.23. The summed E-state index contributed by atoms with van der Waals surface area (Å²) < 4.78 is 1.47. The Kier molecular flexibility index (Phi) is 5.12. The molecule has 5 nitrogen and oxygen atoms in total. The number of aromatic nitrogens is 2. The van der Waals surface area contributed by atoms with E-state index in [1.165, 1.54) is 10.9 Å². The maximum atomic E-state index is 12.1. The summed E-state index contributed by atoms with van der Waals surface area (Å²) in [5, 5.41) is 8.83. The minimum absolute atomic E-state index is 0.162. The molecule has 0 amide bonds. The molecule has 0 bridgehead atoms. The lowest BCUT2D eigenvalue weighted by atomic mass is 9.92. The summed E-state index contributed by atoms with van der Waals surface area (Å²) in [5.74, 6) is -0.602. The highest BCUT2D eigenvalue weighted by molar-refractivity contribution is 6.38. The quantitative estimate of drug-likeness (QED) is 0.471. The molecule has 0 spiro atoms. The molecule has 0 N–H and O–H groups in total. The molecule has 0 saturated carbocycles. The number of carbonyl (C=O) groups is 1. The molecule has 122 valence electrons. The van der Waals surface area contributed by atoms with Crippen LogP contribution in [-0.4, -0.2) is 22.0 Å². The number of oxime groups is 1. The van der Waals surface area contributed by atoms with E-state index in [-0.39, 0.29) is 5.41 Å². The van der Waals surface area contributed by atoms with Gasteiger partial charge in [0, 0.05) is 18.0 Å². The molecule has 0 aliphatic heterocycles. The summed E-state index contributed by atoms with van der Waals surface area (Å²) in [5.41, 5.74) is 1.44. The first kappa shape index (κ1) is 17.5. The first-order chi connectivity index (χ1) is 10.7. The Balaban J connectivity index is 2.14. The fourth-order valence-corrected chi connectivity index (χ4v) is 2.33. The van der Waals surface area contributed by atoms with Crippen LogP contribution in [0, 0.1) is 0 Å². The fraction of sp³-hybridized carbons (Fsp3) is 0.312. The summed E-state index contributed by atoms with van der Waals surface area (Å²) >= 11 is 12.0. The molecule has 7 heteroatoms. The van der Waals surface area contributed by atoms with Gasteiger partial charge in [-0.15, -0.1) is 0 Å². The smallest absolute Gasteiger partial charge is 0.311 e. The summed E-state index contributed by atoms with van der Waals surface area (Å²) in [7, 11) is 1.68. The molecule has 0 atom stereocenters. The molecule has 0 radical (unpaired) electrons. The van der Waals surface area contributed by atoms with E-state index in [0.29, 0.717) is 21.3 Å². The third-order valence-corrected chi connectivity index (χ3v) is 3.83. The zero-order chi connectivity index (χ0) is 17.2. The van der Waals surface area contributed by atoms with Crippen molar-refractivity contribution in [1.82, 2.24) is 9.78 Å². The molecular weight excluding hydrogens is 337 g/mol. The Morgan fingerprint density at radius 2 is 1.91 bits per heavy atom. The van der Waals surface area contributed by atoms with Gasteiger partial charge < -0.3 is 4.84 Å². The average Bonchev–Trinajstić information content (AvgIpc) is 2.84. The van der Waals surface area contributed by atoms with Crippen molar-refractivity contribution in [3.05, 3.63) is 51.3 Å². The van der Waals surface area contributed by atoms with Crippen molar-refractivity contribution in [3.63, 3.8) is 0 Å². The second-order valence-corrected chi connectivity index (χ2v) is 6.85. The van der Waals surface area contributed by atoms with E-state index < -0.39 is 5.97 Å². The van der Waals surface area contributed by atoms with E-state index in [4.69, 9.17) is 28.0 Å². The van der Waals surface area contributed by atoms with Crippen LogP contribution in [0.4, 0.5) is 0 Å². The molecule has 1 aromatic carbocycles. The van der Waals surface area contributed by atoms with Gasteiger partial charge in [-0.1, -0.05) is 55.2 Å². The normalized spacial score (nSPS) is 11.9. The molecule has 0 saturated heterocycles. The van der Waals surface area contributed by atoms with Crippen molar-refractivity contribution in [3.8, 4) is 0 Å². The predicted molar refractivity (Wildman–Crippen MR) is 91.4 cm³/mol. The van der Waals surface area contributed by atoms with Crippen LogP contribution in [0.1, 0.15) is 42.5 Å². The molecular formula is C16H17Cl2N3O2. The predicted octanol–water partition coefficient (Wildman–Crippen LogP) is 4.22. The Morgan fingerprint density at radius 3 is 2.43 bits per heavy atom. The number of benzene rings is 1. The Hall–Kier alpha value is -1.85. The monoisotopic (exact) mass is 353 g/mol. The van der Waals surface area contributed by atoms with Gasteiger partial charge in [0.1, 0.15) is 5.69 Å². The number of aryl methyl sites for hydroxylation is 1. The zero-order valence-electron chi connectivity index (χ0n) is 13.3. The lowest BCUT2D eigenvalue weighted by Crippen LogP contribution is -2.12. The molecule has 0 aliphatic carbocycles. The standard InChI is InChI=1S/C16H17Cl2N3O2/c1-16(2,3)14-8-13(21(4)20-14)15(22)23-19-9-10-11(17)6-5-7-12(10)18/h5-9H,1-4H3. The summed E-state index contributed by atoms with van der Waals surface area (Å²) in [6.45, 7) is 6.05. The van der Waals surface area contributed by atoms with E-state index in [9.17, 15) is 4.79 Å². The lowest BCUT2D eigenvalue weighted by molar-refractivity contribution is 0.0506. The number of hydrogen-bond donors (Lipinski definition) is 0. The van der Waals surface area contributed by atoms with Crippen LogP contribution >= 0.6 is 23.2 Å². The van der Waals surface area contributed by atoms with Crippen LogP contribution in [0.15, 0.2) is 29.4 Å². The minimum Gasteiger partial charge on any atom is -0.311 e. The third-order valence-electron chi connectivity index (χ3n) is 3.17. The maximum Gasteiger partial charge on any atom is 0.383 e. The van der Waals surface area contributed by atoms with Crippen molar-refractivity contribution in [2.24, 2.45) is 12.2 Å². The highest BCUT2D eigenvalue weighted by Gasteiger charge is 2.22. The van der Waals surface area contributed by atoms with Gasteiger partial charge in [-0.2, -0.15) is 5.10 Å². The van der Waals surface area contributed by atoms with Gasteiger partial charge in [0.05, 0.1) is 22.0 Å². The maximum absolute atomic E-state index is 12.1. The number of hydrogen-bond acceptors (Lipinski definition) is 4. The van der Waals surface area contributed by atoms with Gasteiger partial charge in [-0.25, -0.2) is 4.79 Å². The molecule has 0 unspecified atom stereocenters. The van der Waals surface area contributed by atoms with Crippen LogP contribution in [0.3, 0.4) is 0 Å². The van der Waals surface area contributed by atoms with Crippen molar-refractivity contribution in [2.45, 2.75) is 26.2 Å². The van der Waals surface area contributed by atoms with E-state index in [0.717, 1.165) is 5.69 Å². The van der Waals surface area contributed by atoms with Gasteiger partial charge >= 0.3 is 5.97 Å². The van der Waals surface area contributed by atoms with E-state index >= 15 is 0 Å². The van der Waals surface area contributed by atoms with E-state index in [1.54, 1.807) is 31.3 Å². The zero-order valence-corrected chi connectivity index (χ0v) is 14.8. The largest absolute Gasteiger partial charge is 0.383 e. The minimum atomic E-state index is -0.602. The summed E-state index contributed by atoms with van der Waals surface area (Å²) in [6.07, 6.45) is 1.31. The Bertz CT molecular complexity index is 741. The van der Waals surface area contributed by atoms with E-state index in [1.807, 2.05) is 20.8 Å². The SMILES string of the molecule is Cn1nc(C(C)(C)C)cc1C(=O)ON=Cc1c(Cl)cccc1Cl. The topological polar surface area (TPSA) is 56.5 Å². The van der Waals surface area contributed by atoms with Gasteiger partial charge in [-0.05, 0) is 18.2 Å². The van der Waals surface area contributed by atoms with Crippen LogP contribution in [0.25, 0.3) is 0 Å². The fourth-order valence-electron chi connectivity index (χ4n) is 1.83. The lowest BCUT2D eigenvalue weighted by Gasteiger charge is -2.13. The van der Waals surface area contributed by atoms with Crippen molar-refractivity contribution in [1.29, 1.82) is 0 Å². The molecule has 1 aromatic heterocycles.